The lowest BCUT2D eigenvalue weighted by molar-refractivity contribution is -0.147. The van der Waals surface area contributed by atoms with Crippen LogP contribution in [0.3, 0.4) is 0 Å². The molecule has 1 amide bonds. The van der Waals surface area contributed by atoms with Gasteiger partial charge in [0, 0.05) is 6.07 Å². The quantitative estimate of drug-likeness (QED) is 0.649. The minimum absolute atomic E-state index is 0.0886. The topological polar surface area (TPSA) is 113 Å². The Morgan fingerprint density at radius 2 is 2.00 bits per heavy atom. The van der Waals surface area contributed by atoms with Crippen LogP contribution in [0, 0.1) is 5.82 Å². The number of aliphatic carboxylic acids is 2. The molecule has 1 aromatic carbocycles. The number of hydrogen-bond acceptors (Lipinski definition) is 4. The van der Waals surface area contributed by atoms with Crippen LogP contribution in [-0.2, 0) is 14.4 Å². The van der Waals surface area contributed by atoms with E-state index in [1.807, 2.05) is 0 Å². The fourth-order valence-corrected chi connectivity index (χ4v) is 1.46. The number of rotatable bonds is 8. The minimum Gasteiger partial charge on any atom is -0.493 e. The van der Waals surface area contributed by atoms with Crippen molar-refractivity contribution >= 4 is 17.8 Å². The monoisotopic (exact) mass is 299 g/mol. The van der Waals surface area contributed by atoms with Gasteiger partial charge in [0.2, 0.25) is 5.91 Å². The van der Waals surface area contributed by atoms with Crippen LogP contribution >= 0.6 is 0 Å². The summed E-state index contributed by atoms with van der Waals surface area (Å²) in [5.74, 6) is -3.68. The van der Waals surface area contributed by atoms with Crippen LogP contribution in [0.15, 0.2) is 24.3 Å². The van der Waals surface area contributed by atoms with Gasteiger partial charge in [0.05, 0.1) is 19.4 Å². The van der Waals surface area contributed by atoms with Crippen LogP contribution in [0.5, 0.6) is 5.75 Å². The number of nitrogens with one attached hydrogen (secondary N) is 1. The van der Waals surface area contributed by atoms with Gasteiger partial charge in [-0.2, -0.15) is 0 Å². The summed E-state index contributed by atoms with van der Waals surface area (Å²) in [5, 5.41) is 19.3. The molecule has 0 heterocycles. The SMILES string of the molecule is O=C(O)C[C@H](NC(=O)CCOc1cccc(F)c1)C(=O)O. The van der Waals surface area contributed by atoms with Crippen molar-refractivity contribution in [1.82, 2.24) is 5.32 Å². The third-order valence-corrected chi connectivity index (χ3v) is 2.41. The minimum atomic E-state index is -1.50. The van der Waals surface area contributed by atoms with Crippen molar-refractivity contribution in [2.75, 3.05) is 6.61 Å². The van der Waals surface area contributed by atoms with Gasteiger partial charge in [-0.05, 0) is 12.1 Å². The Labute approximate surface area is 119 Å². The summed E-state index contributed by atoms with van der Waals surface area (Å²) in [5.41, 5.74) is 0. The molecule has 0 unspecified atom stereocenters. The number of carbonyl (C=O) groups excluding carboxylic acids is 1. The number of carboxylic acid groups (broad SMARTS) is 2. The number of amides is 1. The zero-order valence-electron chi connectivity index (χ0n) is 10.9. The van der Waals surface area contributed by atoms with Gasteiger partial charge in [0.25, 0.3) is 0 Å². The fraction of sp³-hybridized carbons (Fsp3) is 0.308. The van der Waals surface area contributed by atoms with Crippen molar-refractivity contribution < 1.29 is 33.7 Å². The van der Waals surface area contributed by atoms with Crippen molar-refractivity contribution in [2.24, 2.45) is 0 Å². The Hall–Kier alpha value is -2.64. The number of halogens is 1. The molecule has 114 valence electrons. The highest BCUT2D eigenvalue weighted by Crippen LogP contribution is 2.11. The molecular weight excluding hydrogens is 285 g/mol. The predicted molar refractivity (Wildman–Crippen MR) is 68.3 cm³/mol. The molecule has 7 nitrogen and oxygen atoms in total. The van der Waals surface area contributed by atoms with Gasteiger partial charge >= 0.3 is 11.9 Å². The van der Waals surface area contributed by atoms with E-state index in [2.05, 4.69) is 5.32 Å². The number of ether oxygens (including phenoxy) is 1. The van der Waals surface area contributed by atoms with Crippen LogP contribution in [0.1, 0.15) is 12.8 Å². The van der Waals surface area contributed by atoms with E-state index in [0.717, 1.165) is 6.07 Å². The molecule has 0 bridgehead atoms. The summed E-state index contributed by atoms with van der Waals surface area (Å²) in [7, 11) is 0. The Bertz CT molecular complexity index is 533. The number of benzene rings is 1. The maximum atomic E-state index is 12.9. The molecule has 0 aliphatic carbocycles. The molecule has 0 aliphatic heterocycles. The number of carboxylic acids is 2. The van der Waals surface area contributed by atoms with Gasteiger partial charge in [-0.1, -0.05) is 6.07 Å². The van der Waals surface area contributed by atoms with Crippen molar-refractivity contribution in [1.29, 1.82) is 0 Å². The molecule has 8 heteroatoms. The van der Waals surface area contributed by atoms with Crippen molar-refractivity contribution in [2.45, 2.75) is 18.9 Å². The lowest BCUT2D eigenvalue weighted by atomic mass is 10.2. The van der Waals surface area contributed by atoms with Gasteiger partial charge in [0.15, 0.2) is 0 Å². The summed E-state index contributed by atoms with van der Waals surface area (Å²) in [6, 6.07) is 3.83. The van der Waals surface area contributed by atoms with E-state index in [1.165, 1.54) is 18.2 Å². The van der Waals surface area contributed by atoms with Gasteiger partial charge in [-0.15, -0.1) is 0 Å². The lowest BCUT2D eigenvalue weighted by Crippen LogP contribution is -2.42. The fourth-order valence-electron chi connectivity index (χ4n) is 1.46. The number of carbonyl (C=O) groups is 3. The average Bonchev–Trinajstić information content (AvgIpc) is 2.37. The highest BCUT2D eigenvalue weighted by molar-refractivity contribution is 5.86. The standard InChI is InChI=1S/C13H14FNO6/c14-8-2-1-3-9(6-8)21-5-4-11(16)15-10(13(19)20)7-12(17)18/h1-3,6,10H,4-5,7H2,(H,15,16)(H,17,18)(H,19,20)/t10-/m0/s1. The Balaban J connectivity index is 2.39. The molecule has 3 N–H and O–H groups in total. The first-order chi connectivity index (χ1) is 9.88. The van der Waals surface area contributed by atoms with Crippen LogP contribution in [0.25, 0.3) is 0 Å². The molecule has 0 saturated heterocycles. The highest BCUT2D eigenvalue weighted by atomic mass is 19.1. The summed E-state index contributed by atoms with van der Waals surface area (Å²) >= 11 is 0. The van der Waals surface area contributed by atoms with E-state index in [1.54, 1.807) is 0 Å². The van der Waals surface area contributed by atoms with Crippen molar-refractivity contribution in [3.8, 4) is 5.75 Å². The van der Waals surface area contributed by atoms with E-state index in [0.29, 0.717) is 0 Å². The van der Waals surface area contributed by atoms with Gasteiger partial charge in [0.1, 0.15) is 17.6 Å². The lowest BCUT2D eigenvalue weighted by Gasteiger charge is -2.12. The number of hydrogen-bond donors (Lipinski definition) is 3. The zero-order valence-corrected chi connectivity index (χ0v) is 10.9. The third kappa shape index (κ3) is 6.37. The normalized spacial score (nSPS) is 11.5. The van der Waals surface area contributed by atoms with E-state index < -0.39 is 36.1 Å². The van der Waals surface area contributed by atoms with Gasteiger partial charge in [-0.3, -0.25) is 9.59 Å². The highest BCUT2D eigenvalue weighted by Gasteiger charge is 2.22. The molecule has 0 saturated carbocycles. The molecule has 0 aromatic heterocycles. The van der Waals surface area contributed by atoms with Gasteiger partial charge < -0.3 is 20.3 Å². The summed E-state index contributed by atoms with van der Waals surface area (Å²) in [6.45, 7) is -0.0886. The first kappa shape index (κ1) is 16.4. The van der Waals surface area contributed by atoms with Crippen molar-refractivity contribution in [3.63, 3.8) is 0 Å². The summed E-state index contributed by atoms with van der Waals surface area (Å²) in [4.78, 5) is 32.7. The Morgan fingerprint density at radius 1 is 1.29 bits per heavy atom. The summed E-state index contributed by atoms with van der Waals surface area (Å²) in [6.07, 6.45) is -0.897. The molecule has 0 aliphatic rings. The summed E-state index contributed by atoms with van der Waals surface area (Å²) < 4.78 is 18.0. The molecular formula is C13H14FNO6. The second kappa shape index (κ2) is 7.83. The van der Waals surface area contributed by atoms with E-state index in [4.69, 9.17) is 14.9 Å². The predicted octanol–water partition coefficient (Wildman–Crippen LogP) is 0.639. The molecule has 21 heavy (non-hydrogen) atoms. The molecule has 0 radical (unpaired) electrons. The van der Waals surface area contributed by atoms with Crippen molar-refractivity contribution in [3.05, 3.63) is 30.1 Å². The van der Waals surface area contributed by atoms with E-state index >= 15 is 0 Å². The zero-order chi connectivity index (χ0) is 15.8. The maximum Gasteiger partial charge on any atom is 0.326 e. The molecule has 1 atom stereocenters. The van der Waals surface area contributed by atoms with E-state index in [9.17, 15) is 18.8 Å². The Morgan fingerprint density at radius 3 is 2.57 bits per heavy atom. The largest absolute Gasteiger partial charge is 0.493 e. The van der Waals surface area contributed by atoms with Crippen LogP contribution in [0.2, 0.25) is 0 Å². The second-order valence-corrected chi connectivity index (χ2v) is 4.11. The Kier molecular flexibility index (Phi) is 6.12. The smallest absolute Gasteiger partial charge is 0.326 e. The van der Waals surface area contributed by atoms with E-state index in [-0.39, 0.29) is 18.8 Å². The molecule has 1 rings (SSSR count). The van der Waals surface area contributed by atoms with Crippen LogP contribution in [0.4, 0.5) is 4.39 Å². The first-order valence-corrected chi connectivity index (χ1v) is 6.01. The maximum absolute atomic E-state index is 12.9. The van der Waals surface area contributed by atoms with Gasteiger partial charge in [-0.25, -0.2) is 9.18 Å². The molecule has 0 spiro atoms. The second-order valence-electron chi connectivity index (χ2n) is 4.11. The van der Waals surface area contributed by atoms with Crippen LogP contribution < -0.4 is 10.1 Å². The molecule has 0 fully saturated rings. The molecule has 1 aromatic rings. The third-order valence-electron chi connectivity index (χ3n) is 2.41. The average molecular weight is 299 g/mol. The first-order valence-electron chi connectivity index (χ1n) is 6.01. The van der Waals surface area contributed by atoms with Crippen LogP contribution in [-0.4, -0.2) is 40.7 Å².